The molecule has 1 atom stereocenters. The average molecular weight is 278 g/mol. The van der Waals surface area contributed by atoms with E-state index >= 15 is 0 Å². The fraction of sp³-hybridized carbons (Fsp3) is 0.467. The van der Waals surface area contributed by atoms with Gasteiger partial charge in [-0.05, 0) is 44.6 Å². The molecule has 0 N–H and O–H groups in total. The third-order valence-corrected chi connectivity index (χ3v) is 5.83. The van der Waals surface area contributed by atoms with E-state index < -0.39 is 8.56 Å². The standard InChI is InChI=1S/C15H22O3Si/c1-6-13(4)18-14-9-11-15(12-10-14)19(5,16-7-2)17-8-3/h1,9-13H,7-8H2,2-5H3. The second-order valence-electron chi connectivity index (χ2n) is 4.26. The molecule has 19 heavy (non-hydrogen) atoms. The van der Waals surface area contributed by atoms with Crippen LogP contribution in [0.2, 0.25) is 6.55 Å². The van der Waals surface area contributed by atoms with Crippen LogP contribution in [0.1, 0.15) is 20.8 Å². The van der Waals surface area contributed by atoms with Gasteiger partial charge in [0.05, 0.1) is 0 Å². The first-order valence-corrected chi connectivity index (χ1v) is 8.88. The minimum atomic E-state index is -2.29. The Morgan fingerprint density at radius 2 is 1.68 bits per heavy atom. The Hall–Kier alpha value is -1.28. The maximum Gasteiger partial charge on any atom is 0.369 e. The Bertz CT molecular complexity index is 416. The van der Waals surface area contributed by atoms with Crippen LogP contribution in [-0.2, 0) is 8.85 Å². The first kappa shape index (κ1) is 15.8. The molecular weight excluding hydrogens is 256 g/mol. The maximum atomic E-state index is 5.84. The van der Waals surface area contributed by atoms with Crippen LogP contribution in [0.5, 0.6) is 5.75 Å². The zero-order valence-corrected chi connectivity index (χ0v) is 13.1. The van der Waals surface area contributed by atoms with E-state index in [0.717, 1.165) is 10.9 Å². The van der Waals surface area contributed by atoms with Gasteiger partial charge < -0.3 is 13.6 Å². The molecule has 4 heteroatoms. The lowest BCUT2D eigenvalue weighted by Crippen LogP contribution is -2.51. The van der Waals surface area contributed by atoms with Crippen molar-refractivity contribution >= 4 is 13.7 Å². The molecule has 1 aromatic carbocycles. The molecule has 0 spiro atoms. The molecule has 0 fully saturated rings. The van der Waals surface area contributed by atoms with Crippen LogP contribution >= 0.6 is 0 Å². The maximum absolute atomic E-state index is 5.84. The van der Waals surface area contributed by atoms with Crippen molar-refractivity contribution < 1.29 is 13.6 Å². The Morgan fingerprint density at radius 1 is 1.16 bits per heavy atom. The van der Waals surface area contributed by atoms with Crippen LogP contribution in [0.25, 0.3) is 0 Å². The van der Waals surface area contributed by atoms with Gasteiger partial charge in [0.2, 0.25) is 0 Å². The normalized spacial score (nSPS) is 12.8. The van der Waals surface area contributed by atoms with E-state index in [0.29, 0.717) is 13.2 Å². The lowest BCUT2D eigenvalue weighted by molar-refractivity contribution is 0.202. The molecule has 104 valence electrons. The lowest BCUT2D eigenvalue weighted by atomic mass is 10.3. The summed E-state index contributed by atoms with van der Waals surface area (Å²) in [5, 5.41) is 1.09. The number of terminal acetylenes is 1. The monoisotopic (exact) mass is 278 g/mol. The van der Waals surface area contributed by atoms with Crippen LogP contribution in [0.15, 0.2) is 24.3 Å². The Kier molecular flexibility index (Phi) is 6.09. The topological polar surface area (TPSA) is 27.7 Å². The van der Waals surface area contributed by atoms with E-state index in [9.17, 15) is 0 Å². The summed E-state index contributed by atoms with van der Waals surface area (Å²) in [4.78, 5) is 0. The van der Waals surface area contributed by atoms with Gasteiger partial charge in [-0.15, -0.1) is 6.42 Å². The number of hydrogen-bond donors (Lipinski definition) is 0. The molecule has 0 aromatic heterocycles. The summed E-state index contributed by atoms with van der Waals surface area (Å²) in [5.41, 5.74) is 0. The smallest absolute Gasteiger partial charge is 0.369 e. The van der Waals surface area contributed by atoms with Gasteiger partial charge in [-0.3, -0.25) is 0 Å². The van der Waals surface area contributed by atoms with E-state index in [-0.39, 0.29) is 6.10 Å². The van der Waals surface area contributed by atoms with Gasteiger partial charge in [-0.1, -0.05) is 18.1 Å². The summed E-state index contributed by atoms with van der Waals surface area (Å²) < 4.78 is 17.2. The van der Waals surface area contributed by atoms with Crippen molar-refractivity contribution in [1.29, 1.82) is 0 Å². The summed E-state index contributed by atoms with van der Waals surface area (Å²) in [6, 6.07) is 7.81. The third kappa shape index (κ3) is 4.39. The molecule has 0 aliphatic rings. The molecule has 1 rings (SSSR count). The molecule has 0 saturated carbocycles. The van der Waals surface area contributed by atoms with Crippen molar-refractivity contribution in [1.82, 2.24) is 0 Å². The predicted octanol–water partition coefficient (Wildman–Crippen LogP) is 2.44. The first-order valence-electron chi connectivity index (χ1n) is 6.57. The number of benzene rings is 1. The number of hydrogen-bond acceptors (Lipinski definition) is 3. The molecular formula is C15H22O3Si. The summed E-state index contributed by atoms with van der Waals surface area (Å²) in [7, 11) is -2.29. The minimum absolute atomic E-state index is 0.228. The molecule has 1 unspecified atom stereocenters. The van der Waals surface area contributed by atoms with Crippen LogP contribution < -0.4 is 9.92 Å². The highest BCUT2D eigenvalue weighted by atomic mass is 28.4. The Balaban J connectivity index is 2.86. The number of rotatable bonds is 7. The van der Waals surface area contributed by atoms with E-state index in [1.165, 1.54) is 0 Å². The summed E-state index contributed by atoms with van der Waals surface area (Å²) in [6.07, 6.45) is 5.06. The van der Waals surface area contributed by atoms with Crippen molar-refractivity contribution in [2.75, 3.05) is 13.2 Å². The quantitative estimate of drug-likeness (QED) is 0.566. The second-order valence-corrected chi connectivity index (χ2v) is 7.31. The van der Waals surface area contributed by atoms with Crippen molar-refractivity contribution in [3.63, 3.8) is 0 Å². The predicted molar refractivity (Wildman–Crippen MR) is 79.9 cm³/mol. The zero-order chi connectivity index (χ0) is 14.3. The summed E-state index contributed by atoms with van der Waals surface area (Å²) in [5.74, 6) is 3.30. The van der Waals surface area contributed by atoms with Gasteiger partial charge in [0.1, 0.15) is 5.75 Å². The first-order chi connectivity index (χ1) is 9.05. The van der Waals surface area contributed by atoms with Gasteiger partial charge in [0.15, 0.2) is 6.10 Å². The molecule has 0 aliphatic heterocycles. The molecule has 0 saturated heterocycles. The average Bonchev–Trinajstić information content (AvgIpc) is 2.40. The van der Waals surface area contributed by atoms with Crippen LogP contribution in [-0.4, -0.2) is 27.9 Å². The van der Waals surface area contributed by atoms with Crippen molar-refractivity contribution in [2.45, 2.75) is 33.4 Å². The second kappa shape index (κ2) is 7.34. The molecule has 0 amide bonds. The fourth-order valence-corrected chi connectivity index (χ4v) is 4.12. The van der Waals surface area contributed by atoms with Gasteiger partial charge >= 0.3 is 8.56 Å². The Labute approximate surface area is 117 Å². The molecule has 3 nitrogen and oxygen atoms in total. The van der Waals surface area contributed by atoms with Crippen LogP contribution in [0, 0.1) is 12.3 Å². The highest BCUT2D eigenvalue weighted by Crippen LogP contribution is 2.14. The summed E-state index contributed by atoms with van der Waals surface area (Å²) >= 11 is 0. The van der Waals surface area contributed by atoms with E-state index in [4.69, 9.17) is 20.0 Å². The van der Waals surface area contributed by atoms with Crippen molar-refractivity contribution in [3.8, 4) is 18.1 Å². The third-order valence-electron chi connectivity index (χ3n) is 2.77. The number of ether oxygens (including phenoxy) is 1. The lowest BCUT2D eigenvalue weighted by Gasteiger charge is -2.26. The van der Waals surface area contributed by atoms with E-state index in [1.807, 2.05) is 45.0 Å². The summed E-state index contributed by atoms with van der Waals surface area (Å²) in [6.45, 7) is 9.16. The Morgan fingerprint density at radius 3 is 2.11 bits per heavy atom. The highest BCUT2D eigenvalue weighted by Gasteiger charge is 2.33. The fourth-order valence-electron chi connectivity index (χ4n) is 1.83. The van der Waals surface area contributed by atoms with Crippen LogP contribution in [0.3, 0.4) is 0 Å². The van der Waals surface area contributed by atoms with Crippen molar-refractivity contribution in [2.24, 2.45) is 0 Å². The molecule has 1 aromatic rings. The van der Waals surface area contributed by atoms with Crippen LogP contribution in [0.4, 0.5) is 0 Å². The SMILES string of the molecule is C#CC(C)Oc1ccc([Si](C)(OCC)OCC)cc1. The van der Waals surface area contributed by atoms with E-state index in [2.05, 4.69) is 12.5 Å². The molecule has 0 radical (unpaired) electrons. The molecule has 0 aliphatic carbocycles. The largest absolute Gasteiger partial charge is 0.478 e. The highest BCUT2D eigenvalue weighted by molar-refractivity contribution is 6.79. The van der Waals surface area contributed by atoms with Gasteiger partial charge in [0.25, 0.3) is 0 Å². The van der Waals surface area contributed by atoms with Gasteiger partial charge in [0, 0.05) is 13.2 Å². The molecule has 0 bridgehead atoms. The zero-order valence-electron chi connectivity index (χ0n) is 12.1. The molecule has 0 heterocycles. The van der Waals surface area contributed by atoms with Gasteiger partial charge in [-0.2, -0.15) is 0 Å². The van der Waals surface area contributed by atoms with Gasteiger partial charge in [-0.25, -0.2) is 0 Å². The van der Waals surface area contributed by atoms with Crippen molar-refractivity contribution in [3.05, 3.63) is 24.3 Å². The minimum Gasteiger partial charge on any atom is -0.478 e. The van der Waals surface area contributed by atoms with E-state index in [1.54, 1.807) is 0 Å².